The Hall–Kier alpha value is -2.14. The zero-order valence-corrected chi connectivity index (χ0v) is 14.2. The molecule has 0 unspecified atom stereocenters. The summed E-state index contributed by atoms with van der Waals surface area (Å²) in [4.78, 5) is 18.3. The maximum atomic E-state index is 11.3. The summed E-state index contributed by atoms with van der Waals surface area (Å²) in [6.45, 7) is 4.00. The molecule has 0 aliphatic carbocycles. The van der Waals surface area contributed by atoms with Crippen molar-refractivity contribution < 1.29 is 14.3 Å². The van der Waals surface area contributed by atoms with Crippen LogP contribution in [0.5, 0.6) is 11.6 Å². The van der Waals surface area contributed by atoms with Crippen LogP contribution in [0.1, 0.15) is 36.0 Å². The van der Waals surface area contributed by atoms with E-state index in [1.54, 1.807) is 13.2 Å². The second kappa shape index (κ2) is 8.11. The highest BCUT2D eigenvalue weighted by Gasteiger charge is 2.11. The van der Waals surface area contributed by atoms with Gasteiger partial charge in [0.25, 0.3) is 0 Å². The number of fused-ring (bicyclic) bond motifs is 1. The molecule has 3 rings (SSSR count). The molecule has 0 N–H and O–H groups in total. The Balaban J connectivity index is 1.63. The maximum absolute atomic E-state index is 11.3. The summed E-state index contributed by atoms with van der Waals surface area (Å²) in [5, 5.41) is 0.872. The van der Waals surface area contributed by atoms with E-state index < -0.39 is 0 Å². The molecule has 0 spiro atoms. The van der Waals surface area contributed by atoms with Crippen molar-refractivity contribution in [2.45, 2.75) is 25.7 Å². The number of aldehydes is 1. The number of methoxy groups -OCH3 is 1. The first-order valence-electron chi connectivity index (χ1n) is 8.59. The molecule has 128 valence electrons. The second-order valence-electron chi connectivity index (χ2n) is 6.16. The van der Waals surface area contributed by atoms with Crippen molar-refractivity contribution >= 4 is 17.2 Å². The molecule has 2 aromatic rings. The normalized spacial score (nSPS) is 15.4. The molecule has 1 aromatic heterocycles. The van der Waals surface area contributed by atoms with Gasteiger partial charge in [0, 0.05) is 11.9 Å². The third-order valence-corrected chi connectivity index (χ3v) is 4.45. The summed E-state index contributed by atoms with van der Waals surface area (Å²) in [5.41, 5.74) is 1.28. The number of benzene rings is 1. The molecular weight excluding hydrogens is 304 g/mol. The largest absolute Gasteiger partial charge is 0.497 e. The predicted octanol–water partition coefficient (Wildman–Crippen LogP) is 3.31. The van der Waals surface area contributed by atoms with Crippen LogP contribution in [0, 0.1) is 0 Å². The van der Waals surface area contributed by atoms with Crippen molar-refractivity contribution in [1.82, 2.24) is 9.88 Å². The van der Waals surface area contributed by atoms with Crippen LogP contribution in [-0.4, -0.2) is 49.5 Å². The molecule has 5 nitrogen and oxygen atoms in total. The Bertz CT molecular complexity index is 696. The van der Waals surface area contributed by atoms with Crippen LogP contribution >= 0.6 is 0 Å². The lowest BCUT2D eigenvalue weighted by Gasteiger charge is -2.26. The highest BCUT2D eigenvalue weighted by molar-refractivity contribution is 5.89. The fourth-order valence-corrected chi connectivity index (χ4v) is 3.12. The number of aromatic nitrogens is 1. The van der Waals surface area contributed by atoms with Crippen LogP contribution < -0.4 is 9.47 Å². The van der Waals surface area contributed by atoms with Gasteiger partial charge < -0.3 is 14.4 Å². The highest BCUT2D eigenvalue weighted by Crippen LogP contribution is 2.24. The van der Waals surface area contributed by atoms with E-state index in [2.05, 4.69) is 9.88 Å². The lowest BCUT2D eigenvalue weighted by atomic mass is 10.1. The minimum Gasteiger partial charge on any atom is -0.497 e. The third kappa shape index (κ3) is 4.03. The Kier molecular flexibility index (Phi) is 5.64. The maximum Gasteiger partial charge on any atom is 0.224 e. The highest BCUT2D eigenvalue weighted by atomic mass is 16.5. The zero-order valence-electron chi connectivity index (χ0n) is 14.2. The van der Waals surface area contributed by atoms with Crippen LogP contribution in [0.2, 0.25) is 0 Å². The van der Waals surface area contributed by atoms with E-state index in [4.69, 9.17) is 9.47 Å². The Labute approximate surface area is 142 Å². The van der Waals surface area contributed by atoms with Crippen LogP contribution in [0.3, 0.4) is 0 Å². The molecule has 0 radical (unpaired) electrons. The smallest absolute Gasteiger partial charge is 0.224 e. The molecule has 0 amide bonds. The summed E-state index contributed by atoms with van der Waals surface area (Å²) in [6, 6.07) is 7.41. The topological polar surface area (TPSA) is 51.7 Å². The van der Waals surface area contributed by atoms with Gasteiger partial charge >= 0.3 is 0 Å². The second-order valence-corrected chi connectivity index (χ2v) is 6.16. The van der Waals surface area contributed by atoms with E-state index in [0.29, 0.717) is 18.1 Å². The number of carbonyl (C=O) groups is 1. The first kappa shape index (κ1) is 16.7. The number of nitrogens with zero attached hydrogens (tertiary/aromatic N) is 2. The number of hydrogen-bond donors (Lipinski definition) is 0. The monoisotopic (exact) mass is 328 g/mol. The van der Waals surface area contributed by atoms with Crippen molar-refractivity contribution in [3.63, 3.8) is 0 Å². The standard InChI is InChI=1S/C19H24N2O3/c1-23-17-6-7-18-15(13-17)12-16(14-22)19(20-18)24-11-5-10-21-8-3-2-4-9-21/h6-7,12-14H,2-5,8-11H2,1H3. The van der Waals surface area contributed by atoms with Crippen molar-refractivity contribution in [3.05, 3.63) is 29.8 Å². The molecule has 1 aliphatic rings. The van der Waals surface area contributed by atoms with E-state index in [0.717, 1.165) is 35.9 Å². The van der Waals surface area contributed by atoms with E-state index >= 15 is 0 Å². The molecule has 0 saturated carbocycles. The van der Waals surface area contributed by atoms with Gasteiger partial charge in [0.2, 0.25) is 5.88 Å². The van der Waals surface area contributed by atoms with Crippen molar-refractivity contribution in [2.75, 3.05) is 33.4 Å². The van der Waals surface area contributed by atoms with Gasteiger partial charge in [-0.25, -0.2) is 4.98 Å². The van der Waals surface area contributed by atoms with Crippen molar-refractivity contribution in [2.24, 2.45) is 0 Å². The minimum atomic E-state index is 0.418. The van der Waals surface area contributed by atoms with E-state index in [-0.39, 0.29) is 0 Å². The first-order chi connectivity index (χ1) is 11.8. The predicted molar refractivity (Wildman–Crippen MR) is 94.1 cm³/mol. The van der Waals surface area contributed by atoms with Gasteiger partial charge in [-0.3, -0.25) is 4.79 Å². The number of hydrogen-bond acceptors (Lipinski definition) is 5. The summed E-state index contributed by atoms with van der Waals surface area (Å²) in [7, 11) is 1.62. The molecule has 1 aromatic carbocycles. The molecule has 1 fully saturated rings. The number of carbonyl (C=O) groups excluding carboxylic acids is 1. The van der Waals surface area contributed by atoms with Gasteiger partial charge in [-0.2, -0.15) is 0 Å². The zero-order chi connectivity index (χ0) is 16.8. The Morgan fingerprint density at radius 3 is 2.79 bits per heavy atom. The SMILES string of the molecule is COc1ccc2nc(OCCCN3CCCCC3)c(C=O)cc2c1. The number of piperidine rings is 1. The average molecular weight is 328 g/mol. The van der Waals surface area contributed by atoms with Gasteiger partial charge in [-0.15, -0.1) is 0 Å². The molecule has 24 heavy (non-hydrogen) atoms. The molecule has 2 heterocycles. The summed E-state index contributed by atoms with van der Waals surface area (Å²) in [5.74, 6) is 1.16. The number of likely N-dealkylation sites (tertiary alicyclic amines) is 1. The Morgan fingerprint density at radius 2 is 2.04 bits per heavy atom. The Morgan fingerprint density at radius 1 is 1.21 bits per heavy atom. The average Bonchev–Trinajstić information content (AvgIpc) is 2.65. The first-order valence-corrected chi connectivity index (χ1v) is 8.59. The van der Waals surface area contributed by atoms with Gasteiger partial charge in [-0.05, 0) is 56.6 Å². The summed E-state index contributed by atoms with van der Waals surface area (Å²) >= 11 is 0. The number of rotatable bonds is 7. The van der Waals surface area contributed by atoms with Crippen LogP contribution in [0.15, 0.2) is 24.3 Å². The van der Waals surface area contributed by atoms with Gasteiger partial charge in [0.15, 0.2) is 6.29 Å². The fraction of sp³-hybridized carbons (Fsp3) is 0.474. The molecule has 5 heteroatoms. The molecular formula is C19H24N2O3. The lowest BCUT2D eigenvalue weighted by molar-refractivity contribution is 0.111. The summed E-state index contributed by atoms with van der Waals surface area (Å²) < 4.78 is 11.0. The summed E-state index contributed by atoms with van der Waals surface area (Å²) in [6.07, 6.45) is 5.69. The van der Waals surface area contributed by atoms with Crippen LogP contribution in [0.25, 0.3) is 10.9 Å². The number of ether oxygens (including phenoxy) is 2. The van der Waals surface area contributed by atoms with E-state index in [1.165, 1.54) is 32.4 Å². The third-order valence-electron chi connectivity index (χ3n) is 4.45. The quantitative estimate of drug-likeness (QED) is 0.576. The van der Waals surface area contributed by atoms with Gasteiger partial charge in [0.1, 0.15) is 5.75 Å². The molecule has 0 bridgehead atoms. The molecule has 1 aliphatic heterocycles. The van der Waals surface area contributed by atoms with E-state index in [9.17, 15) is 4.79 Å². The van der Waals surface area contributed by atoms with Crippen LogP contribution in [-0.2, 0) is 0 Å². The van der Waals surface area contributed by atoms with Crippen molar-refractivity contribution in [1.29, 1.82) is 0 Å². The molecule has 1 saturated heterocycles. The lowest BCUT2D eigenvalue weighted by Crippen LogP contribution is -2.31. The number of pyridine rings is 1. The van der Waals surface area contributed by atoms with Crippen molar-refractivity contribution in [3.8, 4) is 11.6 Å². The van der Waals surface area contributed by atoms with Gasteiger partial charge in [-0.1, -0.05) is 6.42 Å². The fourth-order valence-electron chi connectivity index (χ4n) is 3.12. The van der Waals surface area contributed by atoms with Crippen LogP contribution in [0.4, 0.5) is 0 Å². The van der Waals surface area contributed by atoms with E-state index in [1.807, 2.05) is 18.2 Å². The van der Waals surface area contributed by atoms with Gasteiger partial charge in [0.05, 0.1) is 24.8 Å². The molecule has 0 atom stereocenters. The minimum absolute atomic E-state index is 0.418.